The van der Waals surface area contributed by atoms with Crippen molar-refractivity contribution in [3.05, 3.63) is 18.6 Å². The molecular weight excluding hydrogens is 238 g/mol. The van der Waals surface area contributed by atoms with E-state index in [0.29, 0.717) is 18.1 Å². The number of carboxylic acids is 1. The van der Waals surface area contributed by atoms with Crippen molar-refractivity contribution < 1.29 is 9.90 Å². The third-order valence-corrected chi connectivity index (χ3v) is 4.42. The summed E-state index contributed by atoms with van der Waals surface area (Å²) in [5.41, 5.74) is -0.759. The number of aliphatic carboxylic acids is 1. The van der Waals surface area contributed by atoms with E-state index in [1.165, 1.54) is 6.33 Å². The highest BCUT2D eigenvalue weighted by molar-refractivity contribution is 7.99. The number of hydrogen-bond acceptors (Lipinski definition) is 5. The normalized spacial score (nSPS) is 28.2. The molecule has 1 heterocycles. The molecule has 2 unspecified atom stereocenters. The SMILES string of the molecule is CNC1(C(=O)O)CCC(Sc2ccncn2)C1. The van der Waals surface area contributed by atoms with Gasteiger partial charge in [0.25, 0.3) is 0 Å². The third kappa shape index (κ3) is 2.58. The molecule has 1 aliphatic carbocycles. The summed E-state index contributed by atoms with van der Waals surface area (Å²) in [6, 6.07) is 1.85. The van der Waals surface area contributed by atoms with Crippen molar-refractivity contribution in [2.45, 2.75) is 35.1 Å². The first kappa shape index (κ1) is 12.3. The molecule has 0 saturated heterocycles. The Morgan fingerprint density at radius 2 is 2.53 bits per heavy atom. The Labute approximate surface area is 104 Å². The lowest BCUT2D eigenvalue weighted by atomic mass is 9.99. The van der Waals surface area contributed by atoms with Crippen LogP contribution in [-0.2, 0) is 4.79 Å². The highest BCUT2D eigenvalue weighted by Crippen LogP contribution is 2.39. The Kier molecular flexibility index (Phi) is 3.63. The highest BCUT2D eigenvalue weighted by atomic mass is 32.2. The van der Waals surface area contributed by atoms with Gasteiger partial charge in [-0.15, -0.1) is 11.8 Å². The van der Waals surface area contributed by atoms with Gasteiger partial charge < -0.3 is 10.4 Å². The van der Waals surface area contributed by atoms with Gasteiger partial charge in [0.1, 0.15) is 11.9 Å². The molecule has 6 heteroatoms. The van der Waals surface area contributed by atoms with E-state index in [4.69, 9.17) is 0 Å². The van der Waals surface area contributed by atoms with Crippen molar-refractivity contribution in [1.82, 2.24) is 15.3 Å². The van der Waals surface area contributed by atoms with E-state index in [9.17, 15) is 9.90 Å². The van der Waals surface area contributed by atoms with E-state index in [1.807, 2.05) is 6.07 Å². The predicted octanol–water partition coefficient (Wildman–Crippen LogP) is 1.16. The molecule has 1 aliphatic rings. The van der Waals surface area contributed by atoms with Gasteiger partial charge in [-0.2, -0.15) is 0 Å². The van der Waals surface area contributed by atoms with Crippen LogP contribution in [0.15, 0.2) is 23.6 Å². The average Bonchev–Trinajstić information content (AvgIpc) is 2.75. The van der Waals surface area contributed by atoms with Crippen LogP contribution in [0.4, 0.5) is 0 Å². The topological polar surface area (TPSA) is 75.1 Å². The Morgan fingerprint density at radius 1 is 1.71 bits per heavy atom. The van der Waals surface area contributed by atoms with Crippen LogP contribution in [0.1, 0.15) is 19.3 Å². The second-order valence-corrected chi connectivity index (χ2v) is 5.49. The summed E-state index contributed by atoms with van der Waals surface area (Å²) in [5, 5.41) is 13.4. The van der Waals surface area contributed by atoms with E-state index in [1.54, 1.807) is 25.0 Å². The molecule has 0 aromatic carbocycles. The van der Waals surface area contributed by atoms with Gasteiger partial charge in [-0.3, -0.25) is 4.79 Å². The summed E-state index contributed by atoms with van der Waals surface area (Å²) in [7, 11) is 1.71. The van der Waals surface area contributed by atoms with Gasteiger partial charge >= 0.3 is 5.97 Å². The number of aromatic nitrogens is 2. The maximum absolute atomic E-state index is 11.3. The summed E-state index contributed by atoms with van der Waals surface area (Å²) in [4.78, 5) is 19.3. The van der Waals surface area contributed by atoms with Gasteiger partial charge in [-0.1, -0.05) is 0 Å². The summed E-state index contributed by atoms with van der Waals surface area (Å²) in [6.45, 7) is 0. The van der Waals surface area contributed by atoms with E-state index in [0.717, 1.165) is 11.4 Å². The molecule has 1 aromatic rings. The van der Waals surface area contributed by atoms with Crippen LogP contribution in [0.5, 0.6) is 0 Å². The number of nitrogens with one attached hydrogen (secondary N) is 1. The van der Waals surface area contributed by atoms with Crippen LogP contribution in [-0.4, -0.2) is 38.9 Å². The molecule has 2 rings (SSSR count). The largest absolute Gasteiger partial charge is 0.480 e. The first-order valence-electron chi connectivity index (χ1n) is 5.51. The first-order chi connectivity index (χ1) is 8.16. The Hall–Kier alpha value is -1.14. The van der Waals surface area contributed by atoms with Gasteiger partial charge in [0.15, 0.2) is 0 Å². The Morgan fingerprint density at radius 3 is 3.06 bits per heavy atom. The van der Waals surface area contributed by atoms with Gasteiger partial charge in [0.05, 0.1) is 5.03 Å². The number of likely N-dealkylation sites (N-methyl/N-ethyl adjacent to an activating group) is 1. The Balaban J connectivity index is 2.01. The minimum atomic E-state index is -0.759. The predicted molar refractivity (Wildman–Crippen MR) is 65.0 cm³/mol. The maximum atomic E-state index is 11.3. The molecule has 1 saturated carbocycles. The Bertz CT molecular complexity index is 401. The third-order valence-electron chi connectivity index (χ3n) is 3.20. The van der Waals surface area contributed by atoms with Crippen molar-refractivity contribution in [1.29, 1.82) is 0 Å². The standard InChI is InChI=1S/C11H15N3O2S/c1-12-11(10(15)16)4-2-8(6-11)17-9-3-5-13-7-14-9/h3,5,7-8,12H,2,4,6H2,1H3,(H,15,16). The van der Waals surface area contributed by atoms with E-state index in [2.05, 4.69) is 15.3 Å². The smallest absolute Gasteiger partial charge is 0.323 e. The lowest BCUT2D eigenvalue weighted by molar-refractivity contribution is -0.144. The fraction of sp³-hybridized carbons (Fsp3) is 0.545. The zero-order chi connectivity index (χ0) is 12.3. The molecule has 92 valence electrons. The van der Waals surface area contributed by atoms with Gasteiger partial charge in [0.2, 0.25) is 0 Å². The number of carboxylic acid groups (broad SMARTS) is 1. The molecule has 0 amide bonds. The molecule has 17 heavy (non-hydrogen) atoms. The molecule has 1 fully saturated rings. The maximum Gasteiger partial charge on any atom is 0.323 e. The lowest BCUT2D eigenvalue weighted by Gasteiger charge is -2.23. The molecule has 2 N–H and O–H groups in total. The monoisotopic (exact) mass is 253 g/mol. The van der Waals surface area contributed by atoms with Gasteiger partial charge in [-0.05, 0) is 32.4 Å². The summed E-state index contributed by atoms with van der Waals surface area (Å²) < 4.78 is 0. The van der Waals surface area contributed by atoms with E-state index in [-0.39, 0.29) is 0 Å². The fourth-order valence-corrected chi connectivity index (χ4v) is 3.34. The average molecular weight is 253 g/mol. The fourth-order valence-electron chi connectivity index (χ4n) is 2.15. The molecular formula is C11H15N3O2S. The number of hydrogen-bond donors (Lipinski definition) is 2. The second-order valence-electron chi connectivity index (χ2n) is 4.17. The number of thioether (sulfide) groups is 1. The van der Waals surface area contributed by atoms with Crippen molar-refractivity contribution >= 4 is 17.7 Å². The first-order valence-corrected chi connectivity index (χ1v) is 6.39. The van der Waals surface area contributed by atoms with E-state index >= 15 is 0 Å². The number of carbonyl (C=O) groups is 1. The van der Waals surface area contributed by atoms with Crippen LogP contribution in [0.25, 0.3) is 0 Å². The van der Waals surface area contributed by atoms with Gasteiger partial charge in [-0.25, -0.2) is 9.97 Å². The molecule has 0 bridgehead atoms. The highest BCUT2D eigenvalue weighted by Gasteiger charge is 2.44. The summed E-state index contributed by atoms with van der Waals surface area (Å²) in [6.07, 6.45) is 5.41. The minimum Gasteiger partial charge on any atom is -0.480 e. The van der Waals surface area contributed by atoms with Crippen LogP contribution in [0.2, 0.25) is 0 Å². The van der Waals surface area contributed by atoms with Crippen LogP contribution in [0.3, 0.4) is 0 Å². The van der Waals surface area contributed by atoms with Crippen molar-refractivity contribution in [3.63, 3.8) is 0 Å². The molecule has 0 spiro atoms. The summed E-state index contributed by atoms with van der Waals surface area (Å²) in [5.74, 6) is -0.759. The minimum absolute atomic E-state index is 0.299. The second kappa shape index (κ2) is 5.01. The molecule has 5 nitrogen and oxygen atoms in total. The molecule has 2 atom stereocenters. The van der Waals surface area contributed by atoms with Crippen molar-refractivity contribution in [2.24, 2.45) is 0 Å². The van der Waals surface area contributed by atoms with Crippen molar-refractivity contribution in [2.75, 3.05) is 7.05 Å². The number of rotatable bonds is 4. The van der Waals surface area contributed by atoms with E-state index < -0.39 is 11.5 Å². The quantitative estimate of drug-likeness (QED) is 0.784. The zero-order valence-corrected chi connectivity index (χ0v) is 10.4. The van der Waals surface area contributed by atoms with Crippen LogP contribution >= 0.6 is 11.8 Å². The lowest BCUT2D eigenvalue weighted by Crippen LogP contribution is -2.48. The van der Waals surface area contributed by atoms with Gasteiger partial charge in [0, 0.05) is 11.4 Å². The summed E-state index contributed by atoms with van der Waals surface area (Å²) >= 11 is 1.63. The zero-order valence-electron chi connectivity index (χ0n) is 9.59. The molecule has 0 radical (unpaired) electrons. The van der Waals surface area contributed by atoms with Crippen molar-refractivity contribution in [3.8, 4) is 0 Å². The number of nitrogens with zero attached hydrogens (tertiary/aromatic N) is 2. The molecule has 1 aromatic heterocycles. The molecule has 0 aliphatic heterocycles. The van der Waals surface area contributed by atoms with Crippen LogP contribution in [0, 0.1) is 0 Å². The van der Waals surface area contributed by atoms with Crippen LogP contribution < -0.4 is 5.32 Å².